The van der Waals surface area contributed by atoms with Gasteiger partial charge in [0.15, 0.2) is 9.84 Å². The SMILES string of the molecule is C.C.C.CCC(C)I.CS(=O)(=O)c1c[nH]c2ncncc12.CS(=O)c1c[nH]c2ncncc12.CSc1c[nH]c2ncncc12.[Ar].[Ar].[Ar]. The van der Waals surface area contributed by atoms with Crippen LogP contribution in [0.4, 0.5) is 0 Å². The molecule has 19 heteroatoms. The topological polar surface area (TPSA) is 176 Å². The molecule has 6 rings (SSSR count). The van der Waals surface area contributed by atoms with Gasteiger partial charge in [0.1, 0.15) is 35.9 Å². The molecule has 0 radical (unpaired) electrons. The number of sulfone groups is 1. The van der Waals surface area contributed by atoms with Gasteiger partial charge in [-0.1, -0.05) is 58.7 Å². The number of hydrogen-bond donors (Lipinski definition) is 3. The molecule has 0 aliphatic rings. The van der Waals surface area contributed by atoms with E-state index in [1.54, 1.807) is 36.7 Å². The Morgan fingerprint density at radius 1 is 0.809 bits per heavy atom. The van der Waals surface area contributed by atoms with Gasteiger partial charge in [0.2, 0.25) is 0 Å². The van der Waals surface area contributed by atoms with E-state index < -0.39 is 20.6 Å². The summed E-state index contributed by atoms with van der Waals surface area (Å²) in [7, 11) is -4.18. The molecule has 0 fully saturated rings. The van der Waals surface area contributed by atoms with Gasteiger partial charge in [0.25, 0.3) is 0 Å². The number of alkyl halides is 1. The summed E-state index contributed by atoms with van der Waals surface area (Å²) in [6.07, 6.45) is 20.5. The third kappa shape index (κ3) is 16.8. The van der Waals surface area contributed by atoms with Crippen LogP contribution in [0.1, 0.15) is 42.5 Å². The predicted molar refractivity (Wildman–Crippen MR) is 193 cm³/mol. The van der Waals surface area contributed by atoms with Crippen molar-refractivity contribution in [1.29, 1.82) is 0 Å². The minimum atomic E-state index is -3.20. The van der Waals surface area contributed by atoms with E-state index in [1.165, 1.54) is 36.4 Å². The van der Waals surface area contributed by atoms with Crippen molar-refractivity contribution in [2.45, 2.75) is 61.2 Å². The van der Waals surface area contributed by atoms with Crippen LogP contribution in [0.5, 0.6) is 0 Å². The Labute approximate surface area is 388 Å². The van der Waals surface area contributed by atoms with E-state index in [0.29, 0.717) is 11.0 Å². The van der Waals surface area contributed by atoms with Gasteiger partial charge >= 0.3 is 0 Å². The van der Waals surface area contributed by atoms with Crippen molar-refractivity contribution < 1.29 is 126 Å². The molecule has 47 heavy (non-hydrogen) atoms. The van der Waals surface area contributed by atoms with E-state index in [9.17, 15) is 12.6 Å². The maximum absolute atomic E-state index is 11.2. The molecular formula is C28H42Ar3IN9O3S3. The van der Waals surface area contributed by atoms with Gasteiger partial charge in [0.05, 0.1) is 36.7 Å². The zero-order chi connectivity index (χ0) is 30.0. The minimum absolute atomic E-state index is 0. The third-order valence-corrected chi connectivity index (χ3v) is 9.20. The minimum Gasteiger partial charge on any atom is -0.345 e. The number of aromatic nitrogens is 9. The average Bonchev–Trinajstić information content (AvgIpc) is 3.70. The summed E-state index contributed by atoms with van der Waals surface area (Å²) in [5, 5.41) is 2.46. The summed E-state index contributed by atoms with van der Waals surface area (Å²) in [5.41, 5.74) is 2.18. The van der Waals surface area contributed by atoms with Crippen LogP contribution in [0.3, 0.4) is 0 Å². The van der Waals surface area contributed by atoms with Gasteiger partial charge in [-0.25, -0.2) is 38.3 Å². The van der Waals surface area contributed by atoms with Gasteiger partial charge < -0.3 is 15.0 Å². The van der Waals surface area contributed by atoms with Crippen LogP contribution in [0.2, 0.25) is 0 Å². The molecule has 2 unspecified atom stereocenters. The van der Waals surface area contributed by atoms with Gasteiger partial charge in [-0.05, 0) is 12.7 Å². The first-order chi connectivity index (χ1) is 19.6. The molecule has 6 aromatic heterocycles. The molecule has 0 aliphatic heterocycles. The maximum Gasteiger partial charge on any atom is 0.177 e. The molecule has 6 aromatic rings. The summed E-state index contributed by atoms with van der Waals surface area (Å²) in [6.45, 7) is 4.40. The monoisotopic (exact) mass is 895 g/mol. The number of fused-ring (bicyclic) bond motifs is 3. The van der Waals surface area contributed by atoms with E-state index in [-0.39, 0.29) is 140 Å². The van der Waals surface area contributed by atoms with Crippen molar-refractivity contribution in [3.63, 3.8) is 0 Å². The number of H-pyrrole nitrogens is 3. The van der Waals surface area contributed by atoms with Crippen molar-refractivity contribution in [2.24, 2.45) is 0 Å². The van der Waals surface area contributed by atoms with Crippen molar-refractivity contribution >= 4 is 88.1 Å². The van der Waals surface area contributed by atoms with Crippen LogP contribution in [-0.2, 0) is 20.6 Å². The molecule has 0 spiro atoms. The number of hydrogen-bond acceptors (Lipinski definition) is 10. The van der Waals surface area contributed by atoms with Crippen molar-refractivity contribution in [1.82, 2.24) is 44.9 Å². The molecule has 0 bridgehead atoms. The molecule has 3 N–H and O–H groups in total. The number of nitrogens with one attached hydrogen (secondary N) is 3. The summed E-state index contributed by atoms with van der Waals surface area (Å²) in [5.74, 6) is 0. The zero-order valence-corrected chi connectivity index (χ0v) is 30.8. The van der Waals surface area contributed by atoms with Gasteiger partial charge in [0, 0.05) is 172 Å². The summed E-state index contributed by atoms with van der Waals surface area (Å²) < 4.78 is 34.5. The van der Waals surface area contributed by atoms with E-state index in [0.717, 1.165) is 37.1 Å². The van der Waals surface area contributed by atoms with Crippen molar-refractivity contribution in [2.75, 3.05) is 18.8 Å². The van der Waals surface area contributed by atoms with Gasteiger partial charge in [-0.15, -0.1) is 11.8 Å². The molecule has 6 heterocycles. The Balaban J connectivity index is -0.000000261. The Morgan fingerprint density at radius 2 is 1.21 bits per heavy atom. The number of rotatable bonds is 4. The second kappa shape index (κ2) is 27.5. The first-order valence-corrected chi connectivity index (χ1v) is 18.0. The molecule has 0 saturated heterocycles. The van der Waals surface area contributed by atoms with Crippen LogP contribution in [0.15, 0.2) is 70.8 Å². The second-order valence-electron chi connectivity index (χ2n) is 8.43. The third-order valence-electron chi connectivity index (χ3n) is 5.44. The van der Waals surface area contributed by atoms with Crippen LogP contribution in [-0.4, -0.2) is 80.2 Å². The zero-order valence-electron chi connectivity index (χ0n) is 24.1. The molecule has 2 atom stereocenters. The predicted octanol–water partition coefficient (Wildman–Crippen LogP) is 6.86. The van der Waals surface area contributed by atoms with E-state index >= 15 is 0 Å². The molecule has 12 nitrogen and oxygen atoms in total. The smallest absolute Gasteiger partial charge is 0.177 e. The standard InChI is InChI=1S/C7H7N3O2S.C7H7N3OS.C7H7N3S.C4H9I.3CH4.3Ar/c1-13(11,12)6-3-9-7-5(6)2-8-4-10-7;1-12(11)6-3-9-7-5(6)2-8-4-10-7;1-11-6-3-9-7-5(6)2-8-4-10-7;1-3-4(2)5;;;;;;/h2-4H,1H3,(H,8,9,10);2-4H,1H3,(H,8,9,10);2-4H,1H3,(H,8,9,10);4H,3H2,1-2H3;3*1H4;;;. The number of halogens is 1. The molecule has 266 valence electrons. The van der Waals surface area contributed by atoms with Gasteiger partial charge in [-0.2, -0.15) is 0 Å². The quantitative estimate of drug-likeness (QED) is 0.0963. The summed E-state index contributed by atoms with van der Waals surface area (Å²) in [4.78, 5) is 34.5. The van der Waals surface area contributed by atoms with E-state index in [1.807, 2.05) is 18.6 Å². The normalized spacial score (nSPS) is 10.9. The number of thioether (sulfide) groups is 1. The Kier molecular flexibility index (Phi) is 31.9. The van der Waals surface area contributed by atoms with Crippen LogP contribution in [0, 0.1) is 113 Å². The second-order valence-corrected chi connectivity index (χ2v) is 14.7. The Bertz CT molecular complexity index is 1850. The van der Waals surface area contributed by atoms with Crippen LogP contribution in [0.25, 0.3) is 33.1 Å². The van der Waals surface area contributed by atoms with E-state index in [4.69, 9.17) is 0 Å². The summed E-state index contributed by atoms with van der Waals surface area (Å²) >= 11 is 4.10. The van der Waals surface area contributed by atoms with E-state index in [2.05, 4.69) is 81.3 Å². The average molecular weight is 896 g/mol. The van der Waals surface area contributed by atoms with Gasteiger partial charge in [-0.3, -0.25) is 4.21 Å². The largest absolute Gasteiger partial charge is 0.345 e. The first kappa shape index (κ1) is 54.6. The Morgan fingerprint density at radius 3 is 1.66 bits per heavy atom. The number of aromatic amines is 3. The fraction of sp³-hybridized carbons (Fsp3) is 0.357. The fourth-order valence-electron chi connectivity index (χ4n) is 3.22. The molecule has 0 aliphatic carbocycles. The number of nitrogens with zero attached hydrogens (tertiary/aromatic N) is 6. The van der Waals surface area contributed by atoms with Crippen LogP contribution < -0.4 is 0 Å². The van der Waals surface area contributed by atoms with Crippen molar-refractivity contribution in [3.05, 3.63) is 56.2 Å². The molecular weight excluding hydrogens is 853 g/mol. The maximum atomic E-state index is 11.2. The fourth-order valence-corrected chi connectivity index (χ4v) is 5.28. The Hall–Kier alpha value is 0.819. The molecule has 0 amide bonds. The van der Waals surface area contributed by atoms with Crippen molar-refractivity contribution in [3.8, 4) is 0 Å². The summed E-state index contributed by atoms with van der Waals surface area (Å²) in [6, 6.07) is 0. The molecule has 0 aromatic carbocycles. The van der Waals surface area contributed by atoms with Crippen LogP contribution >= 0.6 is 34.4 Å². The first-order valence-electron chi connectivity index (χ1n) is 12.1. The molecule has 0 saturated carbocycles.